The van der Waals surface area contributed by atoms with Crippen LogP contribution in [-0.4, -0.2) is 54.7 Å². The molecule has 0 spiro atoms. The fourth-order valence-electron chi connectivity index (χ4n) is 2.93. The van der Waals surface area contributed by atoms with Gasteiger partial charge in [-0.2, -0.15) is 0 Å². The molecule has 0 saturated carbocycles. The van der Waals surface area contributed by atoms with E-state index in [1.54, 1.807) is 0 Å². The Morgan fingerprint density at radius 1 is 1.52 bits per heavy atom. The number of aliphatic hydroxyl groups is 1. The van der Waals surface area contributed by atoms with Crippen molar-refractivity contribution in [2.24, 2.45) is 0 Å². The number of likely N-dealkylation sites (tertiary alicyclic amines) is 1. The van der Waals surface area contributed by atoms with Gasteiger partial charge in [-0.1, -0.05) is 33.6 Å². The summed E-state index contributed by atoms with van der Waals surface area (Å²) in [6.07, 6.45) is 2.77. The molecule has 3 nitrogen and oxygen atoms in total. The van der Waals surface area contributed by atoms with Crippen LogP contribution in [0.5, 0.6) is 0 Å². The topological polar surface area (TPSA) is 26.7 Å². The Hall–Kier alpha value is -0.130. The van der Waals surface area contributed by atoms with Crippen LogP contribution in [0.4, 0.5) is 0 Å². The maximum Gasteiger partial charge on any atom is 0.0816 e. The van der Waals surface area contributed by atoms with E-state index in [2.05, 4.69) is 39.8 Å². The SMILES string of the molecule is CN(CCC(O)c1ccc(Br)cc1Cl)CC1CCCN1C. The highest BCUT2D eigenvalue weighted by atomic mass is 79.9. The molecule has 0 bridgehead atoms. The summed E-state index contributed by atoms with van der Waals surface area (Å²) in [5, 5.41) is 10.9. The molecule has 1 N–H and O–H groups in total. The summed E-state index contributed by atoms with van der Waals surface area (Å²) in [5.41, 5.74) is 0.811. The fraction of sp³-hybridized carbons (Fsp3) is 0.625. The zero-order valence-corrected chi connectivity index (χ0v) is 15.1. The second kappa shape index (κ2) is 7.93. The molecule has 1 aromatic carbocycles. The first-order valence-electron chi connectivity index (χ1n) is 7.49. The van der Waals surface area contributed by atoms with E-state index in [9.17, 15) is 5.11 Å². The molecule has 0 amide bonds. The summed E-state index contributed by atoms with van der Waals surface area (Å²) >= 11 is 9.57. The van der Waals surface area contributed by atoms with Gasteiger partial charge in [-0.15, -0.1) is 0 Å². The van der Waals surface area contributed by atoms with Crippen LogP contribution in [-0.2, 0) is 0 Å². The predicted molar refractivity (Wildman–Crippen MR) is 91.9 cm³/mol. The van der Waals surface area contributed by atoms with Gasteiger partial charge in [0.25, 0.3) is 0 Å². The van der Waals surface area contributed by atoms with Crippen molar-refractivity contribution in [2.75, 3.05) is 33.7 Å². The molecule has 0 radical (unpaired) electrons. The zero-order valence-electron chi connectivity index (χ0n) is 12.7. The summed E-state index contributed by atoms with van der Waals surface area (Å²) in [6.45, 7) is 3.14. The van der Waals surface area contributed by atoms with E-state index in [4.69, 9.17) is 11.6 Å². The summed E-state index contributed by atoms with van der Waals surface area (Å²) in [7, 11) is 4.32. The molecule has 0 aliphatic carbocycles. The molecule has 1 saturated heterocycles. The van der Waals surface area contributed by atoms with Crippen LogP contribution in [0.1, 0.15) is 30.9 Å². The quantitative estimate of drug-likeness (QED) is 0.823. The van der Waals surface area contributed by atoms with Crippen LogP contribution < -0.4 is 0 Å². The van der Waals surface area contributed by atoms with Crippen LogP contribution in [0.2, 0.25) is 5.02 Å². The number of rotatable bonds is 6. The van der Waals surface area contributed by atoms with Crippen LogP contribution >= 0.6 is 27.5 Å². The number of benzene rings is 1. The third kappa shape index (κ3) is 4.93. The molecule has 1 aromatic rings. The molecule has 1 aliphatic rings. The summed E-state index contributed by atoms with van der Waals surface area (Å²) < 4.78 is 0.935. The number of nitrogens with zero attached hydrogens (tertiary/aromatic N) is 2. The van der Waals surface area contributed by atoms with Gasteiger partial charge in [0, 0.05) is 28.6 Å². The highest BCUT2D eigenvalue weighted by molar-refractivity contribution is 9.10. The van der Waals surface area contributed by atoms with Gasteiger partial charge in [-0.25, -0.2) is 0 Å². The normalized spacial score (nSPS) is 21.1. The first-order valence-corrected chi connectivity index (χ1v) is 8.66. The van der Waals surface area contributed by atoms with Crippen LogP contribution in [0.3, 0.4) is 0 Å². The van der Waals surface area contributed by atoms with Gasteiger partial charge < -0.3 is 14.9 Å². The molecule has 21 heavy (non-hydrogen) atoms. The largest absolute Gasteiger partial charge is 0.388 e. The van der Waals surface area contributed by atoms with Gasteiger partial charge in [0.15, 0.2) is 0 Å². The van der Waals surface area contributed by atoms with E-state index in [0.717, 1.165) is 23.1 Å². The van der Waals surface area contributed by atoms with Crippen LogP contribution in [0, 0.1) is 0 Å². The molecule has 1 aliphatic heterocycles. The van der Waals surface area contributed by atoms with E-state index in [0.29, 0.717) is 17.5 Å². The van der Waals surface area contributed by atoms with E-state index >= 15 is 0 Å². The van der Waals surface area contributed by atoms with Crippen molar-refractivity contribution in [1.82, 2.24) is 9.80 Å². The molecule has 5 heteroatoms. The lowest BCUT2D eigenvalue weighted by Gasteiger charge is -2.26. The van der Waals surface area contributed by atoms with Crippen molar-refractivity contribution >= 4 is 27.5 Å². The van der Waals surface area contributed by atoms with E-state index in [-0.39, 0.29) is 0 Å². The van der Waals surface area contributed by atoms with Crippen LogP contribution in [0.25, 0.3) is 0 Å². The summed E-state index contributed by atoms with van der Waals surface area (Å²) in [5.74, 6) is 0. The molecule has 0 aromatic heterocycles. The predicted octanol–water partition coefficient (Wildman–Crippen LogP) is 3.55. The molecule has 2 atom stereocenters. The third-order valence-electron chi connectivity index (χ3n) is 4.30. The lowest BCUT2D eigenvalue weighted by Crippen LogP contribution is -2.37. The molecule has 1 heterocycles. The average Bonchev–Trinajstić information content (AvgIpc) is 2.81. The second-order valence-electron chi connectivity index (χ2n) is 6.01. The Morgan fingerprint density at radius 3 is 2.90 bits per heavy atom. The fourth-order valence-corrected chi connectivity index (χ4v) is 3.73. The first kappa shape index (κ1) is 17.2. The third-order valence-corrected chi connectivity index (χ3v) is 5.12. The number of hydrogen-bond donors (Lipinski definition) is 1. The molecule has 1 fully saturated rings. The van der Waals surface area contributed by atoms with Crippen molar-refractivity contribution in [3.05, 3.63) is 33.3 Å². The summed E-state index contributed by atoms with van der Waals surface area (Å²) in [4.78, 5) is 4.74. The Balaban J connectivity index is 1.81. The van der Waals surface area contributed by atoms with Crippen molar-refractivity contribution in [3.8, 4) is 0 Å². The molecular formula is C16H24BrClN2O. The Morgan fingerprint density at radius 2 is 2.29 bits per heavy atom. The number of likely N-dealkylation sites (N-methyl/N-ethyl adjacent to an activating group) is 2. The standard InChI is InChI=1S/C16H24BrClN2O/c1-19(11-13-4-3-8-20(13)2)9-7-16(21)14-6-5-12(17)10-15(14)18/h5-6,10,13,16,21H,3-4,7-9,11H2,1-2H3. The number of aliphatic hydroxyl groups excluding tert-OH is 1. The van der Waals surface area contributed by atoms with Gasteiger partial charge in [-0.3, -0.25) is 0 Å². The Kier molecular flexibility index (Phi) is 6.51. The Labute approximate surface area is 141 Å². The van der Waals surface area contributed by atoms with Crippen molar-refractivity contribution in [2.45, 2.75) is 31.4 Å². The van der Waals surface area contributed by atoms with Gasteiger partial charge in [-0.05, 0) is 57.6 Å². The molecule has 118 valence electrons. The van der Waals surface area contributed by atoms with E-state index in [1.807, 2.05) is 18.2 Å². The van der Waals surface area contributed by atoms with E-state index in [1.165, 1.54) is 19.4 Å². The average molecular weight is 376 g/mol. The van der Waals surface area contributed by atoms with E-state index < -0.39 is 6.10 Å². The summed E-state index contributed by atoms with van der Waals surface area (Å²) in [6, 6.07) is 6.30. The smallest absolute Gasteiger partial charge is 0.0816 e. The minimum Gasteiger partial charge on any atom is -0.388 e. The van der Waals surface area contributed by atoms with Crippen molar-refractivity contribution in [3.63, 3.8) is 0 Å². The van der Waals surface area contributed by atoms with Gasteiger partial charge in [0.05, 0.1) is 6.10 Å². The second-order valence-corrected chi connectivity index (χ2v) is 7.33. The minimum atomic E-state index is -0.505. The zero-order chi connectivity index (χ0) is 15.4. The van der Waals surface area contributed by atoms with Crippen molar-refractivity contribution in [1.29, 1.82) is 0 Å². The first-order chi connectivity index (χ1) is 9.97. The molecular weight excluding hydrogens is 352 g/mol. The monoisotopic (exact) mass is 374 g/mol. The number of halogens is 2. The lowest BCUT2D eigenvalue weighted by molar-refractivity contribution is 0.140. The lowest BCUT2D eigenvalue weighted by atomic mass is 10.1. The Bertz CT molecular complexity index is 472. The van der Waals surface area contributed by atoms with Crippen LogP contribution in [0.15, 0.2) is 22.7 Å². The van der Waals surface area contributed by atoms with Gasteiger partial charge in [0.1, 0.15) is 0 Å². The highest BCUT2D eigenvalue weighted by Crippen LogP contribution is 2.28. The minimum absolute atomic E-state index is 0.505. The van der Waals surface area contributed by atoms with Gasteiger partial charge >= 0.3 is 0 Å². The maximum atomic E-state index is 10.3. The molecule has 2 rings (SSSR count). The molecule has 2 unspecified atom stereocenters. The van der Waals surface area contributed by atoms with Crippen molar-refractivity contribution < 1.29 is 5.11 Å². The highest BCUT2D eigenvalue weighted by Gasteiger charge is 2.22. The maximum absolute atomic E-state index is 10.3. The van der Waals surface area contributed by atoms with Gasteiger partial charge in [0.2, 0.25) is 0 Å². The number of hydrogen-bond acceptors (Lipinski definition) is 3.